The van der Waals surface area contributed by atoms with E-state index in [1.807, 2.05) is 30.3 Å². The molecule has 0 bridgehead atoms. The Morgan fingerprint density at radius 2 is 1.88 bits per heavy atom. The van der Waals surface area contributed by atoms with E-state index in [-0.39, 0.29) is 17.1 Å². The number of amides is 1. The number of hydrogen-bond acceptors (Lipinski definition) is 5. The summed E-state index contributed by atoms with van der Waals surface area (Å²) in [5.41, 5.74) is 4.32. The highest BCUT2D eigenvalue weighted by atomic mass is 16.6. The number of fused-ring (bicyclic) bond motifs is 2. The summed E-state index contributed by atoms with van der Waals surface area (Å²) in [5, 5.41) is 11.0. The molecule has 1 fully saturated rings. The van der Waals surface area contributed by atoms with E-state index in [4.69, 9.17) is 4.42 Å². The van der Waals surface area contributed by atoms with E-state index in [0.29, 0.717) is 6.54 Å². The molecule has 0 radical (unpaired) electrons. The van der Waals surface area contributed by atoms with Gasteiger partial charge in [0.1, 0.15) is 4.92 Å². The molecule has 7 nitrogen and oxygen atoms in total. The summed E-state index contributed by atoms with van der Waals surface area (Å²) in [6.07, 6.45) is 6.26. The van der Waals surface area contributed by atoms with Crippen LogP contribution in [0.25, 0.3) is 6.08 Å². The molecule has 2 aliphatic rings. The van der Waals surface area contributed by atoms with Crippen LogP contribution >= 0.6 is 0 Å². The molecule has 5 rings (SSSR count). The number of carbonyl (C=O) groups is 1. The van der Waals surface area contributed by atoms with Crippen molar-refractivity contribution < 1.29 is 14.1 Å². The smallest absolute Gasteiger partial charge is 0.395 e. The van der Waals surface area contributed by atoms with Crippen LogP contribution in [0.5, 0.6) is 0 Å². The zero-order chi connectivity index (χ0) is 23.7. The van der Waals surface area contributed by atoms with Gasteiger partial charge in [-0.05, 0) is 56.1 Å². The van der Waals surface area contributed by atoms with Gasteiger partial charge in [-0.3, -0.25) is 19.8 Å². The molecule has 1 amide bonds. The maximum Gasteiger partial charge on any atom is 0.433 e. The number of furan rings is 1. The lowest BCUT2D eigenvalue weighted by Gasteiger charge is -2.39. The lowest BCUT2D eigenvalue weighted by atomic mass is 9.74. The van der Waals surface area contributed by atoms with Crippen LogP contribution in [-0.2, 0) is 5.41 Å². The Bertz CT molecular complexity index is 1240. The van der Waals surface area contributed by atoms with Crippen molar-refractivity contribution in [3.05, 3.63) is 99.3 Å². The summed E-state index contributed by atoms with van der Waals surface area (Å²) in [4.78, 5) is 27.8. The number of nitrogens with zero attached hydrogens (tertiary/aromatic N) is 3. The molecule has 0 atom stereocenters. The van der Waals surface area contributed by atoms with Crippen molar-refractivity contribution >= 4 is 23.6 Å². The predicted octanol–water partition coefficient (Wildman–Crippen LogP) is 5.20. The lowest BCUT2D eigenvalue weighted by Crippen LogP contribution is -2.46. The third-order valence-corrected chi connectivity index (χ3v) is 6.99. The molecule has 2 aliphatic heterocycles. The number of carbonyl (C=O) groups excluding carboxylic acids is 1. The second-order valence-corrected chi connectivity index (χ2v) is 9.20. The SMILES string of the molecule is Cc1ccc2c(c1)C1(CCN(CC=Cc3ccccc3)CC1)CN2C(=O)c1ccc([N+](=O)[O-])o1. The molecular formula is C27H27N3O4. The molecule has 174 valence electrons. The lowest BCUT2D eigenvalue weighted by molar-refractivity contribution is -0.402. The zero-order valence-electron chi connectivity index (χ0n) is 19.1. The first-order valence-corrected chi connectivity index (χ1v) is 11.6. The Balaban J connectivity index is 1.32. The maximum atomic E-state index is 13.3. The molecule has 0 N–H and O–H groups in total. The van der Waals surface area contributed by atoms with Crippen molar-refractivity contribution in [3.63, 3.8) is 0 Å². The molecule has 3 heterocycles. The Morgan fingerprint density at radius 1 is 1.12 bits per heavy atom. The quantitative estimate of drug-likeness (QED) is 0.388. The van der Waals surface area contributed by atoms with Gasteiger partial charge < -0.3 is 9.32 Å². The second kappa shape index (κ2) is 8.91. The molecule has 7 heteroatoms. The van der Waals surface area contributed by atoms with E-state index in [1.165, 1.54) is 23.3 Å². The second-order valence-electron chi connectivity index (χ2n) is 9.20. The molecule has 34 heavy (non-hydrogen) atoms. The molecule has 1 spiro atoms. The van der Waals surface area contributed by atoms with Crippen molar-refractivity contribution in [2.24, 2.45) is 0 Å². The molecule has 1 saturated heterocycles. The summed E-state index contributed by atoms with van der Waals surface area (Å²) in [6, 6.07) is 19.1. The van der Waals surface area contributed by atoms with Gasteiger partial charge in [0.25, 0.3) is 5.91 Å². The van der Waals surface area contributed by atoms with Gasteiger partial charge in [0, 0.05) is 24.2 Å². The first-order valence-electron chi connectivity index (χ1n) is 11.6. The average molecular weight is 458 g/mol. The monoisotopic (exact) mass is 457 g/mol. The molecule has 0 unspecified atom stereocenters. The summed E-state index contributed by atoms with van der Waals surface area (Å²) >= 11 is 0. The molecular weight excluding hydrogens is 430 g/mol. The summed E-state index contributed by atoms with van der Waals surface area (Å²) in [7, 11) is 0. The number of benzene rings is 2. The fourth-order valence-corrected chi connectivity index (χ4v) is 5.13. The molecule has 0 aliphatic carbocycles. The minimum Gasteiger partial charge on any atom is -0.395 e. The largest absolute Gasteiger partial charge is 0.433 e. The standard InChI is InChI=1S/C27H27N3O4/c1-20-9-10-23-22(18-20)27(19-29(23)26(31)24-11-12-25(34-24)30(32)33)13-16-28(17-14-27)15-5-8-21-6-3-2-4-7-21/h2-12,18H,13-17,19H2,1H3. The van der Waals surface area contributed by atoms with E-state index in [2.05, 4.69) is 42.2 Å². The van der Waals surface area contributed by atoms with Crippen molar-refractivity contribution in [2.75, 3.05) is 31.1 Å². The zero-order valence-corrected chi connectivity index (χ0v) is 19.1. The van der Waals surface area contributed by atoms with Crippen LogP contribution in [0.15, 0.2) is 71.2 Å². The Morgan fingerprint density at radius 3 is 2.59 bits per heavy atom. The third-order valence-electron chi connectivity index (χ3n) is 6.99. The van der Waals surface area contributed by atoms with Gasteiger partial charge in [-0.1, -0.05) is 60.2 Å². The van der Waals surface area contributed by atoms with Crippen molar-refractivity contribution in [2.45, 2.75) is 25.2 Å². The number of nitro groups is 1. The predicted molar refractivity (Wildman–Crippen MR) is 131 cm³/mol. The van der Waals surface area contributed by atoms with Gasteiger partial charge in [-0.2, -0.15) is 0 Å². The van der Waals surface area contributed by atoms with Crippen LogP contribution in [0, 0.1) is 17.0 Å². The fraction of sp³-hybridized carbons (Fsp3) is 0.296. The number of aryl methyl sites for hydroxylation is 1. The van der Waals surface area contributed by atoms with E-state index in [9.17, 15) is 14.9 Å². The number of anilines is 1. The Kier molecular flexibility index (Phi) is 5.79. The number of piperidine rings is 1. The van der Waals surface area contributed by atoms with E-state index in [1.54, 1.807) is 4.90 Å². The molecule has 3 aromatic rings. The Hall–Kier alpha value is -3.71. The molecule has 1 aromatic heterocycles. The van der Waals surface area contributed by atoms with Crippen LogP contribution in [0.3, 0.4) is 0 Å². The molecule has 0 saturated carbocycles. The third kappa shape index (κ3) is 4.15. The highest BCUT2D eigenvalue weighted by Crippen LogP contribution is 2.48. The highest BCUT2D eigenvalue weighted by Gasteiger charge is 2.46. The van der Waals surface area contributed by atoms with Crippen LogP contribution in [0.2, 0.25) is 0 Å². The highest BCUT2D eigenvalue weighted by molar-refractivity contribution is 6.06. The average Bonchev–Trinajstić information content (AvgIpc) is 3.45. The number of likely N-dealkylation sites (tertiary alicyclic amines) is 1. The number of hydrogen-bond donors (Lipinski definition) is 0. The minimum atomic E-state index is -0.623. The van der Waals surface area contributed by atoms with Crippen LogP contribution in [0.1, 0.15) is 40.1 Å². The maximum absolute atomic E-state index is 13.3. The van der Waals surface area contributed by atoms with Gasteiger partial charge in [0.2, 0.25) is 0 Å². The fourth-order valence-electron chi connectivity index (χ4n) is 5.13. The number of rotatable bonds is 5. The van der Waals surface area contributed by atoms with Crippen molar-refractivity contribution in [1.29, 1.82) is 0 Å². The molecule has 2 aromatic carbocycles. The van der Waals surface area contributed by atoms with E-state index < -0.39 is 10.8 Å². The van der Waals surface area contributed by atoms with Gasteiger partial charge in [-0.15, -0.1) is 0 Å². The van der Waals surface area contributed by atoms with Gasteiger partial charge >= 0.3 is 5.88 Å². The Labute approximate surface area is 198 Å². The normalized spacial score (nSPS) is 17.4. The topological polar surface area (TPSA) is 79.8 Å². The van der Waals surface area contributed by atoms with E-state index in [0.717, 1.165) is 43.7 Å². The van der Waals surface area contributed by atoms with Crippen molar-refractivity contribution in [3.8, 4) is 0 Å². The van der Waals surface area contributed by atoms with Gasteiger partial charge in [-0.25, -0.2) is 0 Å². The first kappa shape index (κ1) is 22.1. The summed E-state index contributed by atoms with van der Waals surface area (Å²) in [6.45, 7) is 5.41. The summed E-state index contributed by atoms with van der Waals surface area (Å²) < 4.78 is 5.23. The first-order chi connectivity index (χ1) is 16.4. The van der Waals surface area contributed by atoms with E-state index >= 15 is 0 Å². The minimum absolute atomic E-state index is 0.00115. The summed E-state index contributed by atoms with van der Waals surface area (Å²) in [5.74, 6) is -0.750. The van der Waals surface area contributed by atoms with Crippen molar-refractivity contribution in [1.82, 2.24) is 4.90 Å². The van der Waals surface area contributed by atoms with Gasteiger partial charge in [0.15, 0.2) is 5.76 Å². The van der Waals surface area contributed by atoms with Crippen LogP contribution in [-0.4, -0.2) is 41.9 Å². The van der Waals surface area contributed by atoms with Gasteiger partial charge in [0.05, 0.1) is 6.07 Å². The van der Waals surface area contributed by atoms with Crippen LogP contribution in [0.4, 0.5) is 11.6 Å². The van der Waals surface area contributed by atoms with Crippen LogP contribution < -0.4 is 4.90 Å².